The van der Waals surface area contributed by atoms with Crippen LogP contribution in [-0.4, -0.2) is 22.9 Å². The second-order valence-corrected chi connectivity index (χ2v) is 5.07. The van der Waals surface area contributed by atoms with E-state index >= 15 is 0 Å². The first-order chi connectivity index (χ1) is 8.47. The molecular formula is C14H19N3O. The Hall–Kier alpha value is -1.84. The summed E-state index contributed by atoms with van der Waals surface area (Å²) >= 11 is 0. The summed E-state index contributed by atoms with van der Waals surface area (Å²) < 4.78 is 0. The number of hydrogen-bond acceptors (Lipinski definition) is 2. The van der Waals surface area contributed by atoms with Crippen molar-refractivity contribution in [1.82, 2.24) is 9.97 Å². The molecule has 0 unspecified atom stereocenters. The summed E-state index contributed by atoms with van der Waals surface area (Å²) in [6.07, 6.45) is 0.566. The number of imidazole rings is 1. The highest BCUT2D eigenvalue weighted by Crippen LogP contribution is 2.21. The number of carbonyl (C=O) groups is 1. The van der Waals surface area contributed by atoms with Crippen LogP contribution in [0.5, 0.6) is 0 Å². The van der Waals surface area contributed by atoms with Gasteiger partial charge in [0.15, 0.2) is 0 Å². The Morgan fingerprint density at radius 2 is 2.17 bits per heavy atom. The molecule has 0 radical (unpaired) electrons. The van der Waals surface area contributed by atoms with Gasteiger partial charge in [-0.05, 0) is 31.0 Å². The number of rotatable bonds is 3. The molecule has 4 nitrogen and oxygen atoms in total. The van der Waals surface area contributed by atoms with Crippen molar-refractivity contribution in [1.29, 1.82) is 0 Å². The van der Waals surface area contributed by atoms with Crippen LogP contribution in [0.3, 0.4) is 0 Å². The first-order valence-electron chi connectivity index (χ1n) is 6.20. The number of nitrogens with zero attached hydrogens (tertiary/aromatic N) is 2. The molecule has 0 saturated carbocycles. The largest absolute Gasteiger partial charge is 0.342 e. The molecule has 2 rings (SSSR count). The fraction of sp³-hybridized carbons (Fsp3) is 0.429. The van der Waals surface area contributed by atoms with Crippen molar-refractivity contribution in [3.05, 3.63) is 24.0 Å². The average Bonchev–Trinajstić information content (AvgIpc) is 2.65. The van der Waals surface area contributed by atoms with Crippen molar-refractivity contribution in [3.8, 4) is 0 Å². The summed E-state index contributed by atoms with van der Waals surface area (Å²) in [6, 6.07) is 5.84. The van der Waals surface area contributed by atoms with Gasteiger partial charge in [-0.2, -0.15) is 0 Å². The predicted octanol–water partition coefficient (Wildman–Crippen LogP) is 2.88. The summed E-state index contributed by atoms with van der Waals surface area (Å²) in [4.78, 5) is 21.2. The average molecular weight is 245 g/mol. The minimum absolute atomic E-state index is 0.139. The van der Waals surface area contributed by atoms with Crippen molar-refractivity contribution < 1.29 is 4.79 Å². The van der Waals surface area contributed by atoms with Crippen molar-refractivity contribution in [2.24, 2.45) is 5.92 Å². The van der Waals surface area contributed by atoms with Gasteiger partial charge in [-0.15, -0.1) is 0 Å². The van der Waals surface area contributed by atoms with Gasteiger partial charge in [-0.3, -0.25) is 4.79 Å². The second kappa shape index (κ2) is 4.80. The minimum atomic E-state index is 0.139. The molecule has 0 aliphatic heterocycles. The Kier molecular flexibility index (Phi) is 3.36. The van der Waals surface area contributed by atoms with Gasteiger partial charge in [0.1, 0.15) is 5.82 Å². The molecule has 1 aromatic carbocycles. The van der Waals surface area contributed by atoms with Crippen LogP contribution >= 0.6 is 0 Å². The summed E-state index contributed by atoms with van der Waals surface area (Å²) in [5.74, 6) is 1.40. The van der Waals surface area contributed by atoms with E-state index in [1.54, 1.807) is 4.90 Å². The first kappa shape index (κ1) is 12.6. The Morgan fingerprint density at radius 1 is 1.44 bits per heavy atom. The molecule has 0 spiro atoms. The fourth-order valence-corrected chi connectivity index (χ4v) is 1.96. The molecule has 1 heterocycles. The third kappa shape index (κ3) is 2.53. The molecule has 2 aromatic rings. The number of aryl methyl sites for hydroxylation is 1. The second-order valence-electron chi connectivity index (χ2n) is 5.07. The van der Waals surface area contributed by atoms with Gasteiger partial charge in [-0.25, -0.2) is 4.98 Å². The van der Waals surface area contributed by atoms with Crippen molar-refractivity contribution in [2.45, 2.75) is 27.2 Å². The van der Waals surface area contributed by atoms with Crippen LogP contribution in [0, 0.1) is 12.8 Å². The number of amides is 1. The molecule has 18 heavy (non-hydrogen) atoms. The van der Waals surface area contributed by atoms with E-state index in [0.717, 1.165) is 22.5 Å². The van der Waals surface area contributed by atoms with Gasteiger partial charge in [-0.1, -0.05) is 13.8 Å². The van der Waals surface area contributed by atoms with Crippen molar-refractivity contribution in [3.63, 3.8) is 0 Å². The van der Waals surface area contributed by atoms with E-state index < -0.39 is 0 Å². The standard InChI is InChI=1S/C14H19N3O/c1-9(2)7-14(18)17(4)11-5-6-12-13(8-11)16-10(3)15-12/h5-6,8-9H,7H2,1-4H3,(H,15,16). The number of H-pyrrole nitrogens is 1. The number of anilines is 1. The first-order valence-corrected chi connectivity index (χ1v) is 6.20. The highest BCUT2D eigenvalue weighted by molar-refractivity contribution is 5.94. The fourth-order valence-electron chi connectivity index (χ4n) is 1.96. The smallest absolute Gasteiger partial charge is 0.226 e. The van der Waals surface area contributed by atoms with E-state index in [-0.39, 0.29) is 5.91 Å². The Balaban J connectivity index is 2.27. The van der Waals surface area contributed by atoms with Gasteiger partial charge in [0.05, 0.1) is 11.0 Å². The molecule has 1 amide bonds. The predicted molar refractivity (Wildman–Crippen MR) is 73.7 cm³/mol. The highest BCUT2D eigenvalue weighted by atomic mass is 16.2. The number of carbonyl (C=O) groups excluding carboxylic acids is 1. The maximum absolute atomic E-state index is 12.0. The third-order valence-corrected chi connectivity index (χ3v) is 2.93. The van der Waals surface area contributed by atoms with Gasteiger partial charge in [0.2, 0.25) is 5.91 Å². The molecule has 1 aromatic heterocycles. The Morgan fingerprint density at radius 3 is 2.83 bits per heavy atom. The topological polar surface area (TPSA) is 49.0 Å². The van der Waals surface area contributed by atoms with E-state index in [1.807, 2.05) is 46.0 Å². The zero-order valence-electron chi connectivity index (χ0n) is 11.3. The van der Waals surface area contributed by atoms with Crippen LogP contribution in [0.4, 0.5) is 5.69 Å². The maximum Gasteiger partial charge on any atom is 0.226 e. The van der Waals surface area contributed by atoms with Crippen LogP contribution in [0.2, 0.25) is 0 Å². The van der Waals surface area contributed by atoms with Gasteiger partial charge in [0.25, 0.3) is 0 Å². The van der Waals surface area contributed by atoms with Gasteiger partial charge in [0, 0.05) is 19.2 Å². The van der Waals surface area contributed by atoms with Crippen LogP contribution in [0.15, 0.2) is 18.2 Å². The Bertz CT molecular complexity index is 571. The van der Waals surface area contributed by atoms with E-state index in [2.05, 4.69) is 9.97 Å². The molecule has 0 saturated heterocycles. The number of aromatic amines is 1. The minimum Gasteiger partial charge on any atom is -0.342 e. The highest BCUT2D eigenvalue weighted by Gasteiger charge is 2.13. The molecular weight excluding hydrogens is 226 g/mol. The molecule has 0 atom stereocenters. The normalized spacial score (nSPS) is 11.2. The molecule has 1 N–H and O–H groups in total. The van der Waals surface area contributed by atoms with Crippen LogP contribution in [0.25, 0.3) is 11.0 Å². The summed E-state index contributed by atoms with van der Waals surface area (Å²) in [5.41, 5.74) is 2.80. The van der Waals surface area contributed by atoms with E-state index in [4.69, 9.17) is 0 Å². The monoisotopic (exact) mass is 245 g/mol. The lowest BCUT2D eigenvalue weighted by Crippen LogP contribution is -2.27. The maximum atomic E-state index is 12.0. The number of aromatic nitrogens is 2. The Labute approximate surface area is 107 Å². The lowest BCUT2D eigenvalue weighted by atomic mass is 10.1. The zero-order valence-corrected chi connectivity index (χ0v) is 11.3. The van der Waals surface area contributed by atoms with E-state index in [0.29, 0.717) is 12.3 Å². The number of fused-ring (bicyclic) bond motifs is 1. The zero-order chi connectivity index (χ0) is 13.3. The summed E-state index contributed by atoms with van der Waals surface area (Å²) in [7, 11) is 1.81. The molecule has 0 aliphatic carbocycles. The van der Waals surface area contributed by atoms with Crippen LogP contribution in [-0.2, 0) is 4.79 Å². The summed E-state index contributed by atoms with van der Waals surface area (Å²) in [6.45, 7) is 6.02. The molecule has 0 bridgehead atoms. The van der Waals surface area contributed by atoms with Crippen molar-refractivity contribution in [2.75, 3.05) is 11.9 Å². The van der Waals surface area contributed by atoms with Crippen LogP contribution in [0.1, 0.15) is 26.1 Å². The summed E-state index contributed by atoms with van der Waals surface area (Å²) in [5, 5.41) is 0. The van der Waals surface area contributed by atoms with E-state index in [9.17, 15) is 4.79 Å². The number of benzene rings is 1. The van der Waals surface area contributed by atoms with Crippen molar-refractivity contribution >= 4 is 22.6 Å². The number of hydrogen-bond donors (Lipinski definition) is 1. The van der Waals surface area contributed by atoms with E-state index in [1.165, 1.54) is 0 Å². The lowest BCUT2D eigenvalue weighted by Gasteiger charge is -2.18. The molecule has 96 valence electrons. The molecule has 0 fully saturated rings. The number of nitrogens with one attached hydrogen (secondary N) is 1. The van der Waals surface area contributed by atoms with Gasteiger partial charge < -0.3 is 9.88 Å². The SMILES string of the molecule is Cc1nc2ccc(N(C)C(=O)CC(C)C)cc2[nH]1. The lowest BCUT2D eigenvalue weighted by molar-refractivity contribution is -0.119. The van der Waals surface area contributed by atoms with Gasteiger partial charge >= 0.3 is 0 Å². The quantitative estimate of drug-likeness (QED) is 0.904. The van der Waals surface area contributed by atoms with Crippen LogP contribution < -0.4 is 4.90 Å². The molecule has 0 aliphatic rings. The third-order valence-electron chi connectivity index (χ3n) is 2.93. The molecule has 4 heteroatoms.